The SMILES string of the molecule is CCCCC/C=C\C/C=C\C/C=C\CCCCCCCCC(=O)OC(COC(=O)CCCCCCCCCCCCCCCCCCCCCC)COC1OC(COC2OC(CO)C(O)C(O)C2O)C(O)C(O)C1O. The second-order valence-electron chi connectivity index (χ2n) is 21.2. The molecule has 2 aliphatic heterocycles. The molecular formula is C60H108O15. The highest BCUT2D eigenvalue weighted by atomic mass is 16.7. The summed E-state index contributed by atoms with van der Waals surface area (Å²) in [7, 11) is 0. The number of esters is 2. The molecule has 2 rings (SSSR count). The zero-order valence-electron chi connectivity index (χ0n) is 46.8. The summed E-state index contributed by atoms with van der Waals surface area (Å²) in [5, 5.41) is 72.3. The predicted molar refractivity (Wildman–Crippen MR) is 294 cm³/mol. The third kappa shape index (κ3) is 33.7. The lowest BCUT2D eigenvalue weighted by molar-refractivity contribution is -0.332. The van der Waals surface area contributed by atoms with Gasteiger partial charge < -0.3 is 64.2 Å². The van der Waals surface area contributed by atoms with Crippen molar-refractivity contribution in [1.29, 1.82) is 0 Å². The maximum Gasteiger partial charge on any atom is 0.306 e. The van der Waals surface area contributed by atoms with Crippen molar-refractivity contribution in [3.63, 3.8) is 0 Å². The van der Waals surface area contributed by atoms with Gasteiger partial charge in [-0.1, -0.05) is 211 Å². The molecule has 75 heavy (non-hydrogen) atoms. The Morgan fingerprint density at radius 2 is 0.800 bits per heavy atom. The Morgan fingerprint density at radius 1 is 0.427 bits per heavy atom. The molecule has 15 nitrogen and oxygen atoms in total. The van der Waals surface area contributed by atoms with Crippen LogP contribution >= 0.6 is 0 Å². The molecule has 0 amide bonds. The fourth-order valence-corrected chi connectivity index (χ4v) is 9.46. The second kappa shape index (κ2) is 46.6. The first kappa shape index (κ1) is 68.8. The number of hydrogen-bond acceptors (Lipinski definition) is 15. The second-order valence-corrected chi connectivity index (χ2v) is 21.2. The number of ether oxygens (including phenoxy) is 6. The molecule has 11 atom stereocenters. The van der Waals surface area contributed by atoms with E-state index in [9.17, 15) is 45.3 Å². The normalized spacial score (nSPS) is 24.7. The fraction of sp³-hybridized carbons (Fsp3) is 0.867. The van der Waals surface area contributed by atoms with Gasteiger partial charge in [0, 0.05) is 12.8 Å². The smallest absolute Gasteiger partial charge is 0.306 e. The van der Waals surface area contributed by atoms with Crippen LogP contribution in [0, 0.1) is 0 Å². The van der Waals surface area contributed by atoms with Crippen molar-refractivity contribution >= 4 is 11.9 Å². The van der Waals surface area contributed by atoms with Crippen molar-refractivity contribution in [2.24, 2.45) is 0 Å². The molecule has 0 aromatic rings. The minimum atomic E-state index is -1.77. The van der Waals surface area contributed by atoms with Crippen LogP contribution in [0.3, 0.4) is 0 Å². The van der Waals surface area contributed by atoms with Gasteiger partial charge in [0.05, 0.1) is 19.8 Å². The maximum atomic E-state index is 13.1. The Labute approximate surface area is 453 Å². The highest BCUT2D eigenvalue weighted by Crippen LogP contribution is 2.27. The van der Waals surface area contributed by atoms with E-state index in [-0.39, 0.29) is 26.1 Å². The molecule has 0 bridgehead atoms. The Hall–Kier alpha value is -2.28. The summed E-state index contributed by atoms with van der Waals surface area (Å²) < 4.78 is 33.7. The van der Waals surface area contributed by atoms with Gasteiger partial charge in [0.1, 0.15) is 55.4 Å². The van der Waals surface area contributed by atoms with Crippen molar-refractivity contribution in [1.82, 2.24) is 0 Å². The van der Waals surface area contributed by atoms with E-state index in [1.54, 1.807) is 0 Å². The van der Waals surface area contributed by atoms with E-state index >= 15 is 0 Å². The van der Waals surface area contributed by atoms with Crippen molar-refractivity contribution < 1.29 is 73.8 Å². The molecule has 7 N–H and O–H groups in total. The van der Waals surface area contributed by atoms with Gasteiger partial charge in [-0.3, -0.25) is 9.59 Å². The molecule has 2 heterocycles. The Balaban J connectivity index is 1.74. The molecule has 0 spiro atoms. The molecule has 0 aromatic heterocycles. The number of rotatable bonds is 48. The quantitative estimate of drug-likeness (QED) is 0.0171. The van der Waals surface area contributed by atoms with E-state index in [1.165, 1.54) is 128 Å². The summed E-state index contributed by atoms with van der Waals surface area (Å²) in [5.41, 5.74) is 0. The number of hydrogen-bond donors (Lipinski definition) is 7. The molecule has 15 heteroatoms. The zero-order valence-corrected chi connectivity index (χ0v) is 46.8. The van der Waals surface area contributed by atoms with Gasteiger partial charge in [0.2, 0.25) is 0 Å². The van der Waals surface area contributed by atoms with Crippen LogP contribution in [0.15, 0.2) is 36.5 Å². The van der Waals surface area contributed by atoms with Gasteiger partial charge in [0.25, 0.3) is 0 Å². The van der Waals surface area contributed by atoms with Crippen molar-refractivity contribution in [2.75, 3.05) is 26.4 Å². The van der Waals surface area contributed by atoms with Crippen LogP contribution in [-0.2, 0) is 38.0 Å². The predicted octanol–water partition coefficient (Wildman–Crippen LogP) is 10.4. The zero-order chi connectivity index (χ0) is 54.6. The Bertz CT molecular complexity index is 1440. The minimum absolute atomic E-state index is 0.152. The molecule has 2 aliphatic rings. The van der Waals surface area contributed by atoms with Gasteiger partial charge in [0.15, 0.2) is 18.7 Å². The third-order valence-corrected chi connectivity index (χ3v) is 14.4. The maximum absolute atomic E-state index is 13.1. The van der Waals surface area contributed by atoms with E-state index in [2.05, 4.69) is 50.3 Å². The van der Waals surface area contributed by atoms with Gasteiger partial charge >= 0.3 is 11.9 Å². The van der Waals surface area contributed by atoms with E-state index in [4.69, 9.17) is 28.4 Å². The first-order valence-corrected chi connectivity index (χ1v) is 30.1. The van der Waals surface area contributed by atoms with Crippen molar-refractivity contribution in [2.45, 2.75) is 306 Å². The summed E-state index contributed by atoms with van der Waals surface area (Å²) in [6.07, 6.45) is 35.9. The topological polar surface area (TPSA) is 231 Å². The summed E-state index contributed by atoms with van der Waals surface area (Å²) in [6, 6.07) is 0. The lowest BCUT2D eigenvalue weighted by Gasteiger charge is -2.42. The lowest BCUT2D eigenvalue weighted by atomic mass is 9.98. The standard InChI is InChI=1S/C60H108O15/c1-3-5-7-9-11-13-15-17-19-21-23-25-26-28-30-32-34-36-38-40-42-51(62)70-45-48(73-52(63)43-41-39-37-35-33-31-29-27-24-22-20-18-16-14-12-10-8-6-4-2)46-71-59-58(69)56(67)54(65)50(75-59)47-72-60-57(68)55(66)53(64)49(44-61)74-60/h12,14,18,20,24,27,48-50,53-61,64-69H,3-11,13,15-17,19,21-23,25-26,28-47H2,1-2H3/b14-12-,20-18-,27-24-. The molecular weight excluding hydrogens is 961 g/mol. The Kier molecular flexibility index (Phi) is 42.8. The van der Waals surface area contributed by atoms with E-state index in [1.807, 2.05) is 0 Å². The lowest BCUT2D eigenvalue weighted by Crippen LogP contribution is -2.61. The van der Waals surface area contributed by atoms with Crippen molar-refractivity contribution in [3.8, 4) is 0 Å². The first-order valence-electron chi connectivity index (χ1n) is 30.1. The van der Waals surface area contributed by atoms with Crippen LogP contribution in [-0.4, -0.2) is 142 Å². The summed E-state index contributed by atoms with van der Waals surface area (Å²) in [6.45, 7) is 2.59. The van der Waals surface area contributed by atoms with Crippen LogP contribution in [0.4, 0.5) is 0 Å². The number of carbonyl (C=O) groups is 2. The monoisotopic (exact) mass is 1070 g/mol. The Morgan fingerprint density at radius 3 is 1.28 bits per heavy atom. The molecule has 0 radical (unpaired) electrons. The van der Waals surface area contributed by atoms with Crippen LogP contribution in [0.5, 0.6) is 0 Å². The molecule has 2 saturated heterocycles. The number of allylic oxidation sites excluding steroid dienone is 6. The van der Waals surface area contributed by atoms with Gasteiger partial charge in [-0.2, -0.15) is 0 Å². The molecule has 0 saturated carbocycles. The molecule has 438 valence electrons. The number of aliphatic hydroxyl groups excluding tert-OH is 7. The van der Waals surface area contributed by atoms with Gasteiger partial charge in [-0.15, -0.1) is 0 Å². The first-order chi connectivity index (χ1) is 36.5. The molecule has 0 aromatic carbocycles. The highest BCUT2D eigenvalue weighted by molar-refractivity contribution is 5.70. The van der Waals surface area contributed by atoms with Gasteiger partial charge in [-0.25, -0.2) is 0 Å². The van der Waals surface area contributed by atoms with Crippen LogP contribution < -0.4 is 0 Å². The average Bonchev–Trinajstić information content (AvgIpc) is 3.40. The van der Waals surface area contributed by atoms with E-state index < -0.39 is 92.7 Å². The van der Waals surface area contributed by atoms with E-state index in [0.29, 0.717) is 12.8 Å². The molecule has 11 unspecified atom stereocenters. The van der Waals surface area contributed by atoms with Crippen molar-refractivity contribution in [3.05, 3.63) is 36.5 Å². The molecule has 0 aliphatic carbocycles. The molecule has 2 fully saturated rings. The summed E-state index contributed by atoms with van der Waals surface area (Å²) >= 11 is 0. The van der Waals surface area contributed by atoms with E-state index in [0.717, 1.165) is 70.6 Å². The van der Waals surface area contributed by atoms with Crippen LogP contribution in [0.1, 0.15) is 239 Å². The highest BCUT2D eigenvalue weighted by Gasteiger charge is 2.47. The number of carbonyl (C=O) groups excluding carboxylic acids is 2. The minimum Gasteiger partial charge on any atom is -0.462 e. The van der Waals surface area contributed by atoms with Crippen LogP contribution in [0.2, 0.25) is 0 Å². The van der Waals surface area contributed by atoms with Gasteiger partial charge in [-0.05, 0) is 51.4 Å². The number of unbranched alkanes of at least 4 members (excludes halogenated alkanes) is 28. The average molecular weight is 1070 g/mol. The summed E-state index contributed by atoms with van der Waals surface area (Å²) in [4.78, 5) is 25.9. The fourth-order valence-electron chi connectivity index (χ4n) is 9.46. The number of aliphatic hydroxyl groups is 7. The third-order valence-electron chi connectivity index (χ3n) is 14.4. The largest absolute Gasteiger partial charge is 0.462 e. The summed E-state index contributed by atoms with van der Waals surface area (Å²) in [5.74, 6) is -0.928. The van der Waals surface area contributed by atoms with Crippen LogP contribution in [0.25, 0.3) is 0 Å².